The molecule has 37 heavy (non-hydrogen) atoms. The number of nitrogens with zero attached hydrogens (tertiary/aromatic N) is 1. The number of hydrogen-bond acceptors (Lipinski definition) is 3. The van der Waals surface area contributed by atoms with Crippen molar-refractivity contribution < 1.29 is 13.6 Å². The summed E-state index contributed by atoms with van der Waals surface area (Å²) in [5.41, 5.74) is 12.4. The van der Waals surface area contributed by atoms with E-state index in [4.69, 9.17) is 10.2 Å². The molecule has 0 spiro atoms. The van der Waals surface area contributed by atoms with E-state index in [0.29, 0.717) is 28.7 Å². The number of nitrogens with one attached hydrogen (secondary N) is 1. The number of benzene rings is 4. The van der Waals surface area contributed by atoms with Crippen LogP contribution in [0.4, 0.5) is 4.39 Å². The number of carbonyl (C=O) groups is 1. The van der Waals surface area contributed by atoms with E-state index in [-0.39, 0.29) is 5.82 Å². The quantitative estimate of drug-likeness (QED) is 0.266. The van der Waals surface area contributed by atoms with Gasteiger partial charge < -0.3 is 15.1 Å². The molecule has 0 saturated heterocycles. The maximum atomic E-state index is 13.3. The molecule has 180 valence electrons. The normalized spacial score (nSPS) is 11.2. The first-order valence-corrected chi connectivity index (χ1v) is 11.9. The van der Waals surface area contributed by atoms with Crippen LogP contribution in [-0.2, 0) is 6.42 Å². The Morgan fingerprint density at radius 3 is 2.35 bits per heavy atom. The van der Waals surface area contributed by atoms with Gasteiger partial charge in [0, 0.05) is 17.4 Å². The molecule has 0 aliphatic rings. The molecule has 0 bridgehead atoms. The number of H-pyrrole nitrogens is 1. The molecule has 2 heterocycles. The van der Waals surface area contributed by atoms with Crippen LogP contribution in [0.25, 0.3) is 44.7 Å². The van der Waals surface area contributed by atoms with Gasteiger partial charge in [-0.05, 0) is 52.6 Å². The van der Waals surface area contributed by atoms with Crippen LogP contribution < -0.4 is 5.73 Å². The fraction of sp³-hybridized carbons (Fsp3) is 0.0323. The minimum atomic E-state index is -0.564. The van der Waals surface area contributed by atoms with Crippen LogP contribution >= 0.6 is 0 Å². The lowest BCUT2D eigenvalue weighted by Crippen LogP contribution is -2.12. The number of primary amides is 1. The molecule has 0 aliphatic carbocycles. The molecule has 0 fully saturated rings. The highest BCUT2D eigenvalue weighted by atomic mass is 19.1. The van der Waals surface area contributed by atoms with Gasteiger partial charge >= 0.3 is 0 Å². The number of furan rings is 1. The second kappa shape index (κ2) is 9.24. The van der Waals surface area contributed by atoms with Crippen molar-refractivity contribution in [2.45, 2.75) is 6.42 Å². The lowest BCUT2D eigenvalue weighted by Gasteiger charge is -2.05. The maximum absolute atomic E-state index is 13.3. The number of halogens is 1. The van der Waals surface area contributed by atoms with Gasteiger partial charge in [0.15, 0.2) is 0 Å². The number of amides is 1. The molecular weight excluding hydrogens is 465 g/mol. The van der Waals surface area contributed by atoms with Crippen LogP contribution in [-0.4, -0.2) is 15.9 Å². The Morgan fingerprint density at radius 2 is 1.57 bits per heavy atom. The van der Waals surface area contributed by atoms with Crippen molar-refractivity contribution in [3.05, 3.63) is 126 Å². The number of carbonyl (C=O) groups excluding carboxylic acids is 1. The van der Waals surface area contributed by atoms with Crippen molar-refractivity contribution in [2.24, 2.45) is 5.73 Å². The molecule has 6 heteroatoms. The summed E-state index contributed by atoms with van der Waals surface area (Å²) in [6, 6.07) is 29.9. The number of imidazole rings is 1. The lowest BCUT2D eigenvalue weighted by molar-refractivity contribution is 0.1000. The Morgan fingerprint density at radius 1 is 0.838 bits per heavy atom. The minimum Gasteiger partial charge on any atom is -0.460 e. The van der Waals surface area contributed by atoms with Gasteiger partial charge in [0.25, 0.3) is 5.91 Å². The van der Waals surface area contributed by atoms with Crippen LogP contribution in [0.15, 0.2) is 108 Å². The number of fused-ring (bicyclic) bond motifs is 1. The van der Waals surface area contributed by atoms with E-state index in [1.165, 1.54) is 12.1 Å². The van der Waals surface area contributed by atoms with Crippen LogP contribution in [0.2, 0.25) is 0 Å². The van der Waals surface area contributed by atoms with E-state index in [1.54, 1.807) is 12.1 Å². The van der Waals surface area contributed by atoms with E-state index >= 15 is 0 Å². The monoisotopic (exact) mass is 487 g/mol. The summed E-state index contributed by atoms with van der Waals surface area (Å²) < 4.78 is 19.3. The van der Waals surface area contributed by atoms with E-state index < -0.39 is 5.91 Å². The van der Waals surface area contributed by atoms with E-state index in [9.17, 15) is 9.18 Å². The molecule has 1 amide bonds. The van der Waals surface area contributed by atoms with Gasteiger partial charge in [-0.15, -0.1) is 0 Å². The van der Waals surface area contributed by atoms with Gasteiger partial charge in [-0.25, -0.2) is 9.37 Å². The van der Waals surface area contributed by atoms with Gasteiger partial charge in [0.05, 0.1) is 17.5 Å². The summed E-state index contributed by atoms with van der Waals surface area (Å²) in [7, 11) is 0. The molecule has 6 aromatic rings. The van der Waals surface area contributed by atoms with Gasteiger partial charge in [0.2, 0.25) is 0 Å². The van der Waals surface area contributed by atoms with Gasteiger partial charge in [-0.2, -0.15) is 0 Å². The first-order valence-electron chi connectivity index (χ1n) is 11.9. The summed E-state index contributed by atoms with van der Waals surface area (Å²) in [6.45, 7) is 0. The summed E-state index contributed by atoms with van der Waals surface area (Å²) in [4.78, 5) is 20.4. The van der Waals surface area contributed by atoms with Crippen molar-refractivity contribution in [3.63, 3.8) is 0 Å². The standard InChI is InChI=1S/C31H22FN3O2/c32-24-12-9-19(10-13-24)15-28-29(30(33)36)25-17-22(11-14-27(25)37-28)21-7-4-8-23(16-21)31-34-18-26(35-31)20-5-2-1-3-6-20/h1-14,16-18H,15H2,(H2,33,36)(H,34,35). The second-order valence-corrected chi connectivity index (χ2v) is 8.87. The number of hydrogen-bond donors (Lipinski definition) is 2. The smallest absolute Gasteiger partial charge is 0.252 e. The zero-order chi connectivity index (χ0) is 25.4. The molecule has 6 rings (SSSR count). The van der Waals surface area contributed by atoms with Crippen LogP contribution in [0, 0.1) is 5.82 Å². The number of aromatic amines is 1. The molecule has 0 radical (unpaired) electrons. The summed E-state index contributed by atoms with van der Waals surface area (Å²) in [6.07, 6.45) is 2.16. The molecule has 0 unspecified atom stereocenters. The van der Waals surface area contributed by atoms with Gasteiger partial charge in [-0.1, -0.05) is 66.7 Å². The average molecular weight is 488 g/mol. The van der Waals surface area contributed by atoms with Crippen LogP contribution in [0.1, 0.15) is 21.7 Å². The zero-order valence-electron chi connectivity index (χ0n) is 19.7. The number of aromatic nitrogens is 2. The first-order chi connectivity index (χ1) is 18.0. The van der Waals surface area contributed by atoms with Gasteiger partial charge in [-0.3, -0.25) is 4.79 Å². The number of rotatable bonds is 6. The van der Waals surface area contributed by atoms with E-state index in [1.807, 2.05) is 72.9 Å². The van der Waals surface area contributed by atoms with Crippen molar-refractivity contribution in [1.82, 2.24) is 9.97 Å². The highest BCUT2D eigenvalue weighted by Gasteiger charge is 2.20. The Hall–Kier alpha value is -4.97. The second-order valence-electron chi connectivity index (χ2n) is 8.87. The summed E-state index contributed by atoms with van der Waals surface area (Å²) >= 11 is 0. The molecule has 3 N–H and O–H groups in total. The topological polar surface area (TPSA) is 84.9 Å². The minimum absolute atomic E-state index is 0.318. The zero-order valence-corrected chi connectivity index (χ0v) is 19.7. The van der Waals surface area contributed by atoms with E-state index in [2.05, 4.69) is 16.0 Å². The SMILES string of the molecule is NC(=O)c1c(Cc2ccc(F)cc2)oc2ccc(-c3cccc(-c4ncc(-c5ccccc5)[nH]4)c3)cc12. The maximum Gasteiger partial charge on any atom is 0.252 e. The highest BCUT2D eigenvalue weighted by molar-refractivity contribution is 6.07. The lowest BCUT2D eigenvalue weighted by atomic mass is 9.99. The third-order valence-electron chi connectivity index (χ3n) is 6.42. The van der Waals surface area contributed by atoms with Crippen LogP contribution in [0.3, 0.4) is 0 Å². The van der Waals surface area contributed by atoms with Gasteiger partial charge in [0.1, 0.15) is 23.0 Å². The molecule has 0 atom stereocenters. The Bertz CT molecular complexity index is 1730. The predicted octanol–water partition coefficient (Wildman–Crippen LogP) is 6.99. The molecule has 0 saturated carbocycles. The van der Waals surface area contributed by atoms with Crippen molar-refractivity contribution in [3.8, 4) is 33.8 Å². The summed E-state index contributed by atoms with van der Waals surface area (Å²) in [5, 5.41) is 0.650. The molecular formula is C31H22FN3O2. The van der Waals surface area contributed by atoms with E-state index in [0.717, 1.165) is 39.3 Å². The first kappa shape index (κ1) is 22.5. The van der Waals surface area contributed by atoms with Crippen molar-refractivity contribution in [1.29, 1.82) is 0 Å². The fourth-order valence-corrected chi connectivity index (χ4v) is 4.59. The Balaban J connectivity index is 1.36. The molecule has 2 aromatic heterocycles. The largest absolute Gasteiger partial charge is 0.460 e. The Labute approximate surface area is 212 Å². The van der Waals surface area contributed by atoms with Crippen molar-refractivity contribution >= 4 is 16.9 Å². The third kappa shape index (κ3) is 4.41. The van der Waals surface area contributed by atoms with Crippen molar-refractivity contribution in [2.75, 3.05) is 0 Å². The Kier molecular flexibility index (Phi) is 5.62. The predicted molar refractivity (Wildman–Crippen MR) is 142 cm³/mol. The molecule has 4 aromatic carbocycles. The summed E-state index contributed by atoms with van der Waals surface area (Å²) in [5.74, 6) is 0.348. The van der Waals surface area contributed by atoms with Crippen LogP contribution in [0.5, 0.6) is 0 Å². The third-order valence-corrected chi connectivity index (χ3v) is 6.42. The average Bonchev–Trinajstić information content (AvgIpc) is 3.55. The fourth-order valence-electron chi connectivity index (χ4n) is 4.59. The number of nitrogens with two attached hydrogens (primary N) is 1. The molecule has 0 aliphatic heterocycles. The highest BCUT2D eigenvalue weighted by Crippen LogP contribution is 2.33. The molecule has 5 nitrogen and oxygen atoms in total.